The summed E-state index contributed by atoms with van der Waals surface area (Å²) < 4.78 is 25.2. The fourth-order valence-corrected chi connectivity index (χ4v) is 4.11. The number of pyridine rings is 1. The van der Waals surface area contributed by atoms with Gasteiger partial charge in [-0.15, -0.1) is 0 Å². The van der Waals surface area contributed by atoms with Crippen LogP contribution in [0.1, 0.15) is 17.2 Å². The Morgan fingerprint density at radius 2 is 1.81 bits per heavy atom. The summed E-state index contributed by atoms with van der Waals surface area (Å²) >= 11 is 0. The van der Waals surface area contributed by atoms with Crippen LogP contribution in [0.2, 0.25) is 0 Å². The first-order chi connectivity index (χ1) is 12.4. The molecule has 1 aliphatic heterocycles. The van der Waals surface area contributed by atoms with Crippen LogP contribution in [0.5, 0.6) is 0 Å². The second kappa shape index (κ2) is 7.84. The van der Waals surface area contributed by atoms with Crippen LogP contribution in [0.15, 0.2) is 54.7 Å². The van der Waals surface area contributed by atoms with E-state index in [1.165, 1.54) is 10.6 Å². The Kier molecular flexibility index (Phi) is 5.72. The maximum atomic E-state index is 11.9. The molecule has 0 bridgehead atoms. The van der Waals surface area contributed by atoms with Crippen molar-refractivity contribution in [2.24, 2.45) is 0 Å². The smallest absolute Gasteiger partial charge is 0.211 e. The number of hydrogen-bond acceptors (Lipinski definition) is 5. The number of sulfonamides is 1. The summed E-state index contributed by atoms with van der Waals surface area (Å²) in [6.07, 6.45) is 2.96. The molecule has 7 heteroatoms. The van der Waals surface area contributed by atoms with Gasteiger partial charge in [-0.1, -0.05) is 36.4 Å². The lowest BCUT2D eigenvalue weighted by Gasteiger charge is -2.55. The number of likely N-dealkylation sites (tertiary alicyclic amines) is 1. The first kappa shape index (κ1) is 19.0. The van der Waals surface area contributed by atoms with Crippen molar-refractivity contribution in [2.75, 3.05) is 26.5 Å². The zero-order valence-corrected chi connectivity index (χ0v) is 15.9. The van der Waals surface area contributed by atoms with E-state index < -0.39 is 10.0 Å². The summed E-state index contributed by atoms with van der Waals surface area (Å²) in [5.74, 6) is 0.0779. The van der Waals surface area contributed by atoms with E-state index in [1.807, 2.05) is 48.5 Å². The van der Waals surface area contributed by atoms with Crippen molar-refractivity contribution in [2.45, 2.75) is 24.5 Å². The third-order valence-corrected chi connectivity index (χ3v) is 6.41. The van der Waals surface area contributed by atoms with Crippen LogP contribution in [-0.4, -0.2) is 66.3 Å². The SMILES string of the molecule is CN(C[C@H]1[C@H](c2ccccc2)[C@H](CO)N1Cc1ccccn1)S(C)(=O)=O. The van der Waals surface area contributed by atoms with Gasteiger partial charge in [0.05, 0.1) is 18.6 Å². The van der Waals surface area contributed by atoms with Crippen molar-refractivity contribution in [1.82, 2.24) is 14.2 Å². The maximum absolute atomic E-state index is 11.9. The van der Waals surface area contributed by atoms with Crippen molar-refractivity contribution in [3.8, 4) is 0 Å². The van der Waals surface area contributed by atoms with Crippen molar-refractivity contribution in [3.63, 3.8) is 0 Å². The molecule has 0 aliphatic carbocycles. The van der Waals surface area contributed by atoms with E-state index in [9.17, 15) is 13.5 Å². The molecule has 140 valence electrons. The Balaban J connectivity index is 1.88. The molecule has 3 rings (SSSR count). The van der Waals surface area contributed by atoms with E-state index in [4.69, 9.17) is 0 Å². The van der Waals surface area contributed by atoms with E-state index in [0.717, 1.165) is 11.3 Å². The van der Waals surface area contributed by atoms with E-state index in [1.54, 1.807) is 13.2 Å². The van der Waals surface area contributed by atoms with E-state index in [0.29, 0.717) is 13.1 Å². The van der Waals surface area contributed by atoms with Crippen LogP contribution >= 0.6 is 0 Å². The Morgan fingerprint density at radius 1 is 1.12 bits per heavy atom. The molecule has 2 aromatic rings. The highest BCUT2D eigenvalue weighted by Crippen LogP contribution is 2.41. The number of aromatic nitrogens is 1. The summed E-state index contributed by atoms with van der Waals surface area (Å²) in [6, 6.07) is 15.7. The number of nitrogens with zero attached hydrogens (tertiary/aromatic N) is 3. The molecule has 6 nitrogen and oxygen atoms in total. The molecule has 3 atom stereocenters. The predicted molar refractivity (Wildman–Crippen MR) is 101 cm³/mol. The molecule has 0 spiro atoms. The van der Waals surface area contributed by atoms with Crippen molar-refractivity contribution in [1.29, 1.82) is 0 Å². The number of aliphatic hydroxyl groups is 1. The molecule has 1 aromatic heterocycles. The van der Waals surface area contributed by atoms with Crippen molar-refractivity contribution >= 4 is 10.0 Å². The van der Waals surface area contributed by atoms with Crippen molar-refractivity contribution in [3.05, 3.63) is 66.0 Å². The second-order valence-corrected chi connectivity index (χ2v) is 8.88. The first-order valence-electron chi connectivity index (χ1n) is 8.64. The second-order valence-electron chi connectivity index (χ2n) is 6.79. The summed E-state index contributed by atoms with van der Waals surface area (Å²) in [5, 5.41) is 9.98. The van der Waals surface area contributed by atoms with Gasteiger partial charge < -0.3 is 5.11 Å². The zero-order chi connectivity index (χ0) is 18.7. The highest BCUT2D eigenvalue weighted by atomic mass is 32.2. The maximum Gasteiger partial charge on any atom is 0.211 e. The normalized spacial score (nSPS) is 23.8. The molecule has 1 aliphatic rings. The zero-order valence-electron chi connectivity index (χ0n) is 15.1. The lowest BCUT2D eigenvalue weighted by molar-refractivity contribution is -0.0552. The third-order valence-electron chi connectivity index (χ3n) is 5.13. The molecule has 26 heavy (non-hydrogen) atoms. The molecular formula is C19H25N3O3S. The van der Waals surface area contributed by atoms with Gasteiger partial charge in [0.25, 0.3) is 0 Å². The standard InChI is InChI=1S/C19H25N3O3S/c1-21(26(2,24)25)13-17-19(15-8-4-3-5-9-15)18(14-23)22(17)12-16-10-6-7-11-20-16/h3-11,17-19,23H,12-14H2,1-2H3/t17-,18-,19-/m0/s1. The highest BCUT2D eigenvalue weighted by Gasteiger charge is 2.49. The van der Waals surface area contributed by atoms with Gasteiger partial charge in [0.15, 0.2) is 0 Å². The van der Waals surface area contributed by atoms with Gasteiger partial charge in [0.1, 0.15) is 0 Å². The van der Waals surface area contributed by atoms with Crippen LogP contribution in [0.4, 0.5) is 0 Å². The van der Waals surface area contributed by atoms with Crippen LogP contribution in [0.3, 0.4) is 0 Å². The number of benzene rings is 1. The molecule has 1 saturated heterocycles. The Bertz CT molecular complexity index is 814. The Hall–Kier alpha value is -1.80. The van der Waals surface area contributed by atoms with Gasteiger partial charge in [0, 0.05) is 44.3 Å². The summed E-state index contributed by atoms with van der Waals surface area (Å²) in [5.41, 5.74) is 2.03. The first-order valence-corrected chi connectivity index (χ1v) is 10.5. The largest absolute Gasteiger partial charge is 0.395 e. The fourth-order valence-electron chi connectivity index (χ4n) is 3.68. The lowest BCUT2D eigenvalue weighted by atomic mass is 9.75. The molecular weight excluding hydrogens is 350 g/mol. The van der Waals surface area contributed by atoms with Crippen LogP contribution in [0, 0.1) is 0 Å². The topological polar surface area (TPSA) is 73.7 Å². The molecule has 1 aromatic carbocycles. The van der Waals surface area contributed by atoms with Gasteiger partial charge >= 0.3 is 0 Å². The average Bonchev–Trinajstić information content (AvgIpc) is 2.63. The summed E-state index contributed by atoms with van der Waals surface area (Å²) in [7, 11) is -1.67. The van der Waals surface area contributed by atoms with Gasteiger partial charge in [-0.3, -0.25) is 9.88 Å². The molecule has 1 fully saturated rings. The number of aliphatic hydroxyl groups excluding tert-OH is 1. The number of hydrogen-bond donors (Lipinski definition) is 1. The minimum atomic E-state index is -3.27. The minimum absolute atomic E-state index is 0.0173. The monoisotopic (exact) mass is 375 g/mol. The van der Waals surface area contributed by atoms with Crippen LogP contribution in [-0.2, 0) is 16.6 Å². The van der Waals surface area contributed by atoms with Gasteiger partial charge in [0.2, 0.25) is 10.0 Å². The molecule has 0 amide bonds. The Morgan fingerprint density at radius 3 is 2.38 bits per heavy atom. The quantitative estimate of drug-likeness (QED) is 0.790. The molecule has 0 saturated carbocycles. The number of rotatable bonds is 7. The fraction of sp³-hybridized carbons (Fsp3) is 0.421. The minimum Gasteiger partial charge on any atom is -0.395 e. The average molecular weight is 375 g/mol. The predicted octanol–water partition coefficient (Wildman–Crippen LogP) is 1.30. The van der Waals surface area contributed by atoms with Gasteiger partial charge in [-0.2, -0.15) is 0 Å². The van der Waals surface area contributed by atoms with E-state index in [2.05, 4.69) is 9.88 Å². The van der Waals surface area contributed by atoms with Crippen molar-refractivity contribution < 1.29 is 13.5 Å². The van der Waals surface area contributed by atoms with Gasteiger partial charge in [-0.25, -0.2) is 12.7 Å². The van der Waals surface area contributed by atoms with Crippen LogP contribution < -0.4 is 0 Å². The number of likely N-dealkylation sites (N-methyl/N-ethyl adjacent to an activating group) is 1. The molecule has 1 N–H and O–H groups in total. The van der Waals surface area contributed by atoms with Gasteiger partial charge in [-0.05, 0) is 17.7 Å². The molecule has 0 unspecified atom stereocenters. The van der Waals surface area contributed by atoms with E-state index in [-0.39, 0.29) is 24.6 Å². The highest BCUT2D eigenvalue weighted by molar-refractivity contribution is 7.88. The molecule has 2 heterocycles. The summed E-state index contributed by atoms with van der Waals surface area (Å²) in [4.78, 5) is 6.53. The third kappa shape index (κ3) is 3.96. The summed E-state index contributed by atoms with van der Waals surface area (Å²) in [6.45, 7) is 0.977. The van der Waals surface area contributed by atoms with E-state index >= 15 is 0 Å². The van der Waals surface area contributed by atoms with Crippen LogP contribution in [0.25, 0.3) is 0 Å². The lowest BCUT2D eigenvalue weighted by Crippen LogP contribution is -2.66. The molecule has 0 radical (unpaired) electrons. The Labute approximate surface area is 155 Å².